The van der Waals surface area contributed by atoms with Crippen molar-refractivity contribution in [2.24, 2.45) is 0 Å². The van der Waals surface area contributed by atoms with Crippen LogP contribution in [-0.2, 0) is 0 Å². The summed E-state index contributed by atoms with van der Waals surface area (Å²) in [6, 6.07) is 17.5. The van der Waals surface area contributed by atoms with Crippen LogP contribution in [0.25, 0.3) is 16.1 Å². The SMILES string of the molecule is [C-]#[N+]C(=C(C#N)c1ccc(C)cc1)c1ccc(C)cc1. The molecule has 0 aliphatic carbocycles. The van der Waals surface area contributed by atoms with Gasteiger partial charge in [0, 0.05) is 0 Å². The molecule has 0 amide bonds. The van der Waals surface area contributed by atoms with Crippen LogP contribution in [0.3, 0.4) is 0 Å². The highest BCUT2D eigenvalue weighted by atomic mass is 14.7. The van der Waals surface area contributed by atoms with E-state index in [0.717, 1.165) is 22.3 Å². The van der Waals surface area contributed by atoms with Crippen molar-refractivity contribution in [2.75, 3.05) is 0 Å². The van der Waals surface area contributed by atoms with Gasteiger partial charge >= 0.3 is 0 Å². The summed E-state index contributed by atoms with van der Waals surface area (Å²) < 4.78 is 0. The zero-order valence-corrected chi connectivity index (χ0v) is 11.5. The molecule has 0 spiro atoms. The maximum absolute atomic E-state index is 9.41. The lowest BCUT2D eigenvalue weighted by atomic mass is 9.99. The van der Waals surface area contributed by atoms with Crippen LogP contribution in [0, 0.1) is 31.8 Å². The lowest BCUT2D eigenvalue weighted by Crippen LogP contribution is -1.88. The van der Waals surface area contributed by atoms with Crippen molar-refractivity contribution in [2.45, 2.75) is 13.8 Å². The van der Waals surface area contributed by atoms with Crippen molar-refractivity contribution in [3.05, 3.63) is 82.2 Å². The Hall–Kier alpha value is -2.84. The number of rotatable bonds is 2. The van der Waals surface area contributed by atoms with Gasteiger partial charge in [-0.05, 0) is 25.0 Å². The molecule has 0 saturated carbocycles. The van der Waals surface area contributed by atoms with Crippen molar-refractivity contribution in [3.63, 3.8) is 0 Å². The Labute approximate surface area is 119 Å². The van der Waals surface area contributed by atoms with Gasteiger partial charge in [0.1, 0.15) is 0 Å². The maximum atomic E-state index is 9.41. The number of aryl methyl sites for hydroxylation is 2. The molecule has 20 heavy (non-hydrogen) atoms. The van der Waals surface area contributed by atoms with E-state index in [1.54, 1.807) is 0 Å². The Bertz CT molecular complexity index is 655. The first kappa shape index (κ1) is 13.6. The molecule has 0 unspecified atom stereocenters. The standard InChI is InChI=1S/C18H14N2/c1-13-4-8-15(9-5-13)17(12-19)18(20-3)16-10-6-14(2)7-11-16/h4-11H,1-2H3. The molecule has 2 aromatic carbocycles. The number of nitrogens with zero attached hydrogens (tertiary/aromatic N) is 2. The topological polar surface area (TPSA) is 28.1 Å². The second kappa shape index (κ2) is 5.87. The molecule has 0 heterocycles. The molecule has 2 aromatic rings. The van der Waals surface area contributed by atoms with Crippen molar-refractivity contribution in [1.82, 2.24) is 0 Å². The molecule has 2 rings (SSSR count). The van der Waals surface area contributed by atoms with E-state index in [0.29, 0.717) is 11.3 Å². The molecule has 0 atom stereocenters. The van der Waals surface area contributed by atoms with Crippen LogP contribution in [0.4, 0.5) is 0 Å². The zero-order chi connectivity index (χ0) is 14.5. The molecule has 0 bridgehead atoms. The quantitative estimate of drug-likeness (QED) is 0.439. The Kier molecular flexibility index (Phi) is 3.99. The summed E-state index contributed by atoms with van der Waals surface area (Å²) >= 11 is 0. The molecular weight excluding hydrogens is 244 g/mol. The second-order valence-corrected chi connectivity index (χ2v) is 4.68. The van der Waals surface area contributed by atoms with Crippen LogP contribution < -0.4 is 0 Å². The number of hydrogen-bond acceptors (Lipinski definition) is 1. The smallest absolute Gasteiger partial charge is 0.212 e. The predicted molar refractivity (Wildman–Crippen MR) is 81.4 cm³/mol. The third-order valence-electron chi connectivity index (χ3n) is 3.13. The first-order valence-electron chi connectivity index (χ1n) is 6.31. The van der Waals surface area contributed by atoms with Gasteiger partial charge in [0.15, 0.2) is 0 Å². The van der Waals surface area contributed by atoms with E-state index in [4.69, 9.17) is 6.57 Å². The summed E-state index contributed by atoms with van der Waals surface area (Å²) in [5.41, 5.74) is 4.64. The van der Waals surface area contributed by atoms with Gasteiger partial charge in [-0.3, -0.25) is 0 Å². The number of hydrogen-bond donors (Lipinski definition) is 0. The van der Waals surface area contributed by atoms with Gasteiger partial charge in [-0.15, -0.1) is 0 Å². The molecule has 0 N–H and O–H groups in total. The van der Waals surface area contributed by atoms with Crippen molar-refractivity contribution < 1.29 is 0 Å². The molecule has 0 fully saturated rings. The molecule has 0 saturated heterocycles. The molecule has 2 heteroatoms. The van der Waals surface area contributed by atoms with E-state index < -0.39 is 0 Å². The van der Waals surface area contributed by atoms with Crippen LogP contribution in [0.5, 0.6) is 0 Å². The van der Waals surface area contributed by atoms with Gasteiger partial charge in [-0.1, -0.05) is 59.7 Å². The third kappa shape index (κ3) is 2.76. The van der Waals surface area contributed by atoms with Gasteiger partial charge < -0.3 is 0 Å². The van der Waals surface area contributed by atoms with Crippen molar-refractivity contribution >= 4 is 11.3 Å². The number of allylic oxidation sites excluding steroid dienone is 1. The molecular formula is C18H14N2. The van der Waals surface area contributed by atoms with Crippen molar-refractivity contribution in [3.8, 4) is 6.07 Å². The molecule has 2 nitrogen and oxygen atoms in total. The zero-order valence-electron chi connectivity index (χ0n) is 11.5. The minimum absolute atomic E-state index is 0.399. The predicted octanol–water partition coefficient (Wildman–Crippen LogP) is 4.61. The lowest BCUT2D eigenvalue weighted by molar-refractivity contribution is 1.44. The summed E-state index contributed by atoms with van der Waals surface area (Å²) in [6.07, 6.45) is 0. The number of nitriles is 1. The normalized spacial score (nSPS) is 11.2. The fourth-order valence-electron chi connectivity index (χ4n) is 1.95. The van der Waals surface area contributed by atoms with Crippen LogP contribution >= 0.6 is 0 Å². The fraction of sp³-hybridized carbons (Fsp3) is 0.111. The minimum atomic E-state index is 0.399. The van der Waals surface area contributed by atoms with E-state index in [1.165, 1.54) is 0 Å². The summed E-state index contributed by atoms with van der Waals surface area (Å²) in [6.45, 7) is 11.4. The Morgan fingerprint density at radius 3 is 1.75 bits per heavy atom. The van der Waals surface area contributed by atoms with Gasteiger partial charge in [-0.2, -0.15) is 5.26 Å². The Morgan fingerprint density at radius 1 is 0.900 bits per heavy atom. The first-order valence-corrected chi connectivity index (χ1v) is 6.31. The highest BCUT2D eigenvalue weighted by molar-refractivity contribution is 5.99. The first-order chi connectivity index (χ1) is 9.65. The number of benzene rings is 2. The molecule has 0 aromatic heterocycles. The van der Waals surface area contributed by atoms with E-state index >= 15 is 0 Å². The maximum Gasteiger partial charge on any atom is 0.212 e. The monoisotopic (exact) mass is 258 g/mol. The average molecular weight is 258 g/mol. The Balaban J connectivity index is 2.60. The summed E-state index contributed by atoms with van der Waals surface area (Å²) in [5.74, 6) is 0. The van der Waals surface area contributed by atoms with Gasteiger partial charge in [0.05, 0.1) is 18.2 Å². The summed E-state index contributed by atoms with van der Waals surface area (Å²) in [7, 11) is 0. The molecule has 96 valence electrons. The van der Waals surface area contributed by atoms with Gasteiger partial charge in [0.25, 0.3) is 0 Å². The van der Waals surface area contributed by atoms with Crippen LogP contribution in [0.15, 0.2) is 48.5 Å². The van der Waals surface area contributed by atoms with Crippen molar-refractivity contribution in [1.29, 1.82) is 5.26 Å². The summed E-state index contributed by atoms with van der Waals surface area (Å²) in [4.78, 5) is 3.57. The molecule has 0 aliphatic rings. The van der Waals surface area contributed by atoms with Gasteiger partial charge in [-0.25, -0.2) is 4.85 Å². The molecule has 0 radical (unpaired) electrons. The molecule has 0 aliphatic heterocycles. The van der Waals surface area contributed by atoms with Gasteiger partial charge in [0.2, 0.25) is 5.70 Å². The summed E-state index contributed by atoms with van der Waals surface area (Å²) in [5, 5.41) is 9.41. The minimum Gasteiger partial charge on any atom is -0.236 e. The average Bonchev–Trinajstić information content (AvgIpc) is 2.47. The van der Waals surface area contributed by atoms with E-state index in [-0.39, 0.29) is 0 Å². The van der Waals surface area contributed by atoms with Crippen LogP contribution in [0.1, 0.15) is 22.3 Å². The van der Waals surface area contributed by atoms with Crippen LogP contribution in [0.2, 0.25) is 0 Å². The lowest BCUT2D eigenvalue weighted by Gasteiger charge is -2.05. The highest BCUT2D eigenvalue weighted by Gasteiger charge is 2.11. The van der Waals surface area contributed by atoms with E-state index in [9.17, 15) is 5.26 Å². The second-order valence-electron chi connectivity index (χ2n) is 4.68. The van der Waals surface area contributed by atoms with E-state index in [2.05, 4.69) is 10.9 Å². The highest BCUT2D eigenvalue weighted by Crippen LogP contribution is 2.27. The Morgan fingerprint density at radius 2 is 1.35 bits per heavy atom. The largest absolute Gasteiger partial charge is 0.236 e. The van der Waals surface area contributed by atoms with E-state index in [1.807, 2.05) is 62.4 Å². The van der Waals surface area contributed by atoms with Crippen LogP contribution in [-0.4, -0.2) is 0 Å². The third-order valence-corrected chi connectivity index (χ3v) is 3.13. The fourth-order valence-corrected chi connectivity index (χ4v) is 1.95.